The highest BCUT2D eigenvalue weighted by atomic mass is 16.5. The number of ether oxygens (including phenoxy) is 1. The quantitative estimate of drug-likeness (QED) is 0.195. The Morgan fingerprint density at radius 3 is 2.30 bits per heavy atom. The van der Waals surface area contributed by atoms with E-state index in [0.29, 0.717) is 12.2 Å². The molecule has 1 spiro atoms. The molecule has 4 aromatic carbocycles. The van der Waals surface area contributed by atoms with Gasteiger partial charge in [0.15, 0.2) is 0 Å². The molecule has 1 fully saturated rings. The molecule has 0 bridgehead atoms. The van der Waals surface area contributed by atoms with Crippen LogP contribution in [0.15, 0.2) is 126 Å². The molecule has 0 aromatic heterocycles. The summed E-state index contributed by atoms with van der Waals surface area (Å²) in [6, 6.07) is 35.9. The van der Waals surface area contributed by atoms with Crippen molar-refractivity contribution in [1.82, 2.24) is 0 Å². The van der Waals surface area contributed by atoms with Gasteiger partial charge in [-0.1, -0.05) is 72.8 Å². The van der Waals surface area contributed by atoms with Crippen LogP contribution in [0.5, 0.6) is 0 Å². The van der Waals surface area contributed by atoms with Gasteiger partial charge in [-0.05, 0) is 84.7 Å². The number of nitrogens with zero attached hydrogens (tertiary/aromatic N) is 3. The van der Waals surface area contributed by atoms with E-state index in [4.69, 9.17) is 11.3 Å². The monoisotopic (exact) mass is 519 g/mol. The predicted molar refractivity (Wildman–Crippen MR) is 162 cm³/mol. The molecule has 0 N–H and O–H groups in total. The molecule has 4 nitrogen and oxygen atoms in total. The summed E-state index contributed by atoms with van der Waals surface area (Å²) < 4.78 is 6.46. The lowest BCUT2D eigenvalue weighted by Crippen LogP contribution is -2.31. The van der Waals surface area contributed by atoms with Crippen LogP contribution in [-0.4, -0.2) is 5.60 Å². The lowest BCUT2D eigenvalue weighted by Gasteiger charge is -2.35. The van der Waals surface area contributed by atoms with Crippen molar-refractivity contribution >= 4 is 33.9 Å². The second-order valence-electron chi connectivity index (χ2n) is 10.4. The van der Waals surface area contributed by atoms with Gasteiger partial charge in [0.2, 0.25) is 0 Å². The molecule has 0 radical (unpaired) electrons. The minimum atomic E-state index is -0.297. The van der Waals surface area contributed by atoms with E-state index in [2.05, 4.69) is 107 Å². The van der Waals surface area contributed by atoms with Crippen molar-refractivity contribution in [2.24, 2.45) is 0 Å². The largest absolute Gasteiger partial charge is 0.487 e. The van der Waals surface area contributed by atoms with E-state index in [9.17, 15) is 5.26 Å². The van der Waals surface area contributed by atoms with Crippen molar-refractivity contribution in [2.45, 2.75) is 37.7 Å². The van der Waals surface area contributed by atoms with Gasteiger partial charge in [0.25, 0.3) is 5.70 Å². The molecule has 0 saturated heterocycles. The fraction of sp³-hybridized carbons (Fsp3) is 0.167. The van der Waals surface area contributed by atoms with Crippen LogP contribution in [0.1, 0.15) is 37.7 Å². The van der Waals surface area contributed by atoms with E-state index in [1.807, 2.05) is 24.3 Å². The van der Waals surface area contributed by atoms with Gasteiger partial charge in [0, 0.05) is 23.2 Å². The van der Waals surface area contributed by atoms with Crippen LogP contribution in [0.25, 0.3) is 21.7 Å². The molecule has 0 amide bonds. The first-order valence-electron chi connectivity index (χ1n) is 13.7. The molecular weight excluding hydrogens is 490 g/mol. The van der Waals surface area contributed by atoms with Crippen LogP contribution in [0.3, 0.4) is 0 Å². The van der Waals surface area contributed by atoms with Gasteiger partial charge >= 0.3 is 0 Å². The average Bonchev–Trinajstić information content (AvgIpc) is 3.45. The van der Waals surface area contributed by atoms with Crippen molar-refractivity contribution in [3.05, 3.63) is 143 Å². The summed E-state index contributed by atoms with van der Waals surface area (Å²) in [5, 5.41) is 11.9. The molecule has 2 aliphatic rings. The standard InChI is InChI=1S/C36H29N3O/c1-38-34(26-37)29-24-32(40-36(25-29)22-7-8-23-36)21-18-27-16-19-31(20-17-27)39(30-12-3-2-4-13-30)35-15-9-11-28-10-5-6-14-33(28)35/h2-6,9-21,24H,7-8,22-23,25H2. The lowest BCUT2D eigenvalue weighted by molar-refractivity contribution is 0.00776. The summed E-state index contributed by atoms with van der Waals surface area (Å²) in [5.41, 5.74) is 4.99. The maximum Gasteiger partial charge on any atom is 0.265 e. The maximum atomic E-state index is 9.48. The highest BCUT2D eigenvalue weighted by Crippen LogP contribution is 2.44. The number of para-hydroxylation sites is 1. The van der Waals surface area contributed by atoms with Gasteiger partial charge in [-0.3, -0.25) is 0 Å². The number of hydrogen-bond donors (Lipinski definition) is 0. The minimum absolute atomic E-state index is 0.166. The average molecular weight is 520 g/mol. The summed E-state index contributed by atoms with van der Waals surface area (Å²) in [6.45, 7) is 7.43. The molecular formula is C36H29N3O. The number of benzene rings is 4. The Balaban J connectivity index is 1.33. The Morgan fingerprint density at radius 1 is 0.850 bits per heavy atom. The number of hydrogen-bond acceptors (Lipinski definition) is 3. The molecule has 4 heteroatoms. The zero-order chi connectivity index (χ0) is 27.4. The zero-order valence-electron chi connectivity index (χ0n) is 22.3. The maximum absolute atomic E-state index is 9.48. The molecule has 0 unspecified atom stereocenters. The molecule has 40 heavy (non-hydrogen) atoms. The highest BCUT2D eigenvalue weighted by Gasteiger charge is 2.39. The van der Waals surface area contributed by atoms with Gasteiger partial charge in [-0.15, -0.1) is 0 Å². The highest BCUT2D eigenvalue weighted by molar-refractivity contribution is 5.98. The molecule has 4 aromatic rings. The molecule has 1 saturated carbocycles. The smallest absolute Gasteiger partial charge is 0.265 e. The van der Waals surface area contributed by atoms with E-state index in [1.165, 1.54) is 10.8 Å². The Bertz CT molecular complexity index is 1690. The van der Waals surface area contributed by atoms with Gasteiger partial charge < -0.3 is 9.64 Å². The molecule has 1 aliphatic heterocycles. The van der Waals surface area contributed by atoms with Gasteiger partial charge in [0.05, 0.1) is 18.3 Å². The van der Waals surface area contributed by atoms with Crippen LogP contribution >= 0.6 is 0 Å². The summed E-state index contributed by atoms with van der Waals surface area (Å²) in [4.78, 5) is 5.76. The van der Waals surface area contributed by atoms with Crippen LogP contribution < -0.4 is 4.90 Å². The Labute approximate surface area is 235 Å². The summed E-state index contributed by atoms with van der Waals surface area (Å²) in [6.07, 6.45) is 10.6. The van der Waals surface area contributed by atoms with Crippen molar-refractivity contribution < 1.29 is 4.74 Å². The van der Waals surface area contributed by atoms with Crippen LogP contribution in [0, 0.1) is 17.9 Å². The summed E-state index contributed by atoms with van der Waals surface area (Å²) >= 11 is 0. The van der Waals surface area contributed by atoms with E-state index < -0.39 is 0 Å². The van der Waals surface area contributed by atoms with Gasteiger partial charge in [0.1, 0.15) is 11.4 Å². The van der Waals surface area contributed by atoms with E-state index >= 15 is 0 Å². The van der Waals surface area contributed by atoms with Gasteiger partial charge in [-0.2, -0.15) is 0 Å². The second kappa shape index (κ2) is 11.0. The third-order valence-corrected chi connectivity index (χ3v) is 7.81. The first-order chi connectivity index (χ1) is 19.7. The summed E-state index contributed by atoms with van der Waals surface area (Å²) in [5.74, 6) is 0.713. The Hall–Kier alpha value is -5.06. The van der Waals surface area contributed by atoms with Crippen molar-refractivity contribution in [2.75, 3.05) is 4.90 Å². The molecule has 6 rings (SSSR count). The lowest BCUT2D eigenvalue weighted by atomic mass is 9.88. The topological polar surface area (TPSA) is 40.6 Å². The Kier molecular flexibility index (Phi) is 6.92. The van der Waals surface area contributed by atoms with Crippen LogP contribution in [0.2, 0.25) is 0 Å². The van der Waals surface area contributed by atoms with Crippen molar-refractivity contribution in [3.8, 4) is 6.07 Å². The molecule has 1 aliphatic carbocycles. The minimum Gasteiger partial charge on any atom is -0.487 e. The van der Waals surface area contributed by atoms with E-state index in [1.54, 1.807) is 0 Å². The molecule has 1 heterocycles. The zero-order valence-corrected chi connectivity index (χ0v) is 22.3. The normalized spacial score (nSPS) is 17.2. The molecule has 194 valence electrons. The predicted octanol–water partition coefficient (Wildman–Crippen LogP) is 9.64. The SMILES string of the molecule is [C-]#[N+]C(C#N)=C1C=C(C=Cc2ccc(N(c3ccccc3)c3cccc4ccccc34)cc2)OC2(CCCC2)C1. The number of rotatable bonds is 5. The first kappa shape index (κ1) is 25.2. The first-order valence-corrected chi connectivity index (χ1v) is 13.7. The van der Waals surface area contributed by atoms with E-state index in [-0.39, 0.29) is 11.3 Å². The van der Waals surface area contributed by atoms with Crippen LogP contribution in [0.4, 0.5) is 17.1 Å². The van der Waals surface area contributed by atoms with Gasteiger partial charge in [-0.25, -0.2) is 10.1 Å². The van der Waals surface area contributed by atoms with Crippen LogP contribution in [-0.2, 0) is 4.74 Å². The number of anilines is 3. The Morgan fingerprint density at radius 2 is 1.55 bits per heavy atom. The fourth-order valence-electron chi connectivity index (χ4n) is 5.91. The fourth-order valence-corrected chi connectivity index (χ4v) is 5.91. The number of fused-ring (bicyclic) bond motifs is 1. The van der Waals surface area contributed by atoms with E-state index in [0.717, 1.165) is 53.9 Å². The third kappa shape index (κ3) is 5.00. The summed E-state index contributed by atoms with van der Waals surface area (Å²) in [7, 11) is 0. The van der Waals surface area contributed by atoms with Crippen molar-refractivity contribution in [1.29, 1.82) is 5.26 Å². The number of allylic oxidation sites excluding steroid dienone is 3. The third-order valence-electron chi connectivity index (χ3n) is 7.81. The molecule has 0 atom stereocenters. The second-order valence-corrected chi connectivity index (χ2v) is 10.4. The number of nitriles is 1. The van der Waals surface area contributed by atoms with Crippen molar-refractivity contribution in [3.63, 3.8) is 0 Å².